The maximum Gasteiger partial charge on any atom is 0.251 e. The lowest BCUT2D eigenvalue weighted by atomic mass is 10.2. The minimum atomic E-state index is -0.0987. The molecular weight excluding hydrogens is 170 g/mol. The smallest absolute Gasteiger partial charge is 0.251 e. The Kier molecular flexibility index (Phi) is 6.18. The summed E-state index contributed by atoms with van der Waals surface area (Å²) in [5, 5.41) is 8.70. The molecule has 0 aromatic rings. The number of ether oxygens (including phenoxy) is 1. The first-order chi connectivity index (χ1) is 6.17. The first-order valence-corrected chi connectivity index (χ1v) is 4.19. The van der Waals surface area contributed by atoms with Gasteiger partial charge in [0.2, 0.25) is 0 Å². The third-order valence-corrected chi connectivity index (χ3v) is 1.71. The Labute approximate surface area is 78.8 Å². The van der Waals surface area contributed by atoms with Crippen molar-refractivity contribution in [1.82, 2.24) is 4.90 Å². The van der Waals surface area contributed by atoms with E-state index in [4.69, 9.17) is 9.84 Å². The van der Waals surface area contributed by atoms with E-state index in [2.05, 4.69) is 0 Å². The number of amides is 1. The average molecular weight is 187 g/mol. The van der Waals surface area contributed by atoms with Gasteiger partial charge in [-0.2, -0.15) is 0 Å². The molecule has 0 rings (SSSR count). The van der Waals surface area contributed by atoms with Crippen LogP contribution in [0, 0.1) is 0 Å². The number of nitrogens with zero attached hydrogens (tertiary/aromatic N) is 1. The molecule has 0 aliphatic heterocycles. The number of aliphatic hydroxyl groups excluding tert-OH is 1. The number of allylic oxidation sites excluding steroid dienone is 1. The van der Waals surface area contributed by atoms with Crippen LogP contribution in [0.2, 0.25) is 0 Å². The lowest BCUT2D eigenvalue weighted by molar-refractivity contribution is -0.132. The molecule has 0 aromatic carbocycles. The van der Waals surface area contributed by atoms with Gasteiger partial charge in [-0.05, 0) is 13.8 Å². The zero-order valence-corrected chi connectivity index (χ0v) is 8.41. The summed E-state index contributed by atoms with van der Waals surface area (Å²) in [6.07, 6.45) is 1.74. The number of carbonyl (C=O) groups is 1. The van der Waals surface area contributed by atoms with E-state index >= 15 is 0 Å². The Morgan fingerprint density at radius 1 is 1.62 bits per heavy atom. The molecule has 0 atom stereocenters. The summed E-state index contributed by atoms with van der Waals surface area (Å²) in [6, 6.07) is 0. The van der Waals surface area contributed by atoms with E-state index in [0.717, 1.165) is 0 Å². The molecule has 13 heavy (non-hydrogen) atoms. The quantitative estimate of drug-likeness (QED) is 0.500. The minimum Gasteiger partial charge on any atom is -0.395 e. The Bertz CT molecular complexity index is 183. The van der Waals surface area contributed by atoms with Gasteiger partial charge in [0.1, 0.15) is 6.73 Å². The summed E-state index contributed by atoms with van der Waals surface area (Å²) >= 11 is 0. The van der Waals surface area contributed by atoms with Gasteiger partial charge in [0, 0.05) is 19.2 Å². The highest BCUT2D eigenvalue weighted by Crippen LogP contribution is 2.00. The van der Waals surface area contributed by atoms with Crippen molar-refractivity contribution in [2.75, 3.05) is 27.0 Å². The van der Waals surface area contributed by atoms with Gasteiger partial charge in [0.05, 0.1) is 6.61 Å². The summed E-state index contributed by atoms with van der Waals surface area (Å²) < 4.78 is 4.84. The molecule has 0 fully saturated rings. The highest BCUT2D eigenvalue weighted by Gasteiger charge is 2.13. The number of hydrogen-bond acceptors (Lipinski definition) is 3. The molecule has 0 aliphatic rings. The van der Waals surface area contributed by atoms with Gasteiger partial charge >= 0.3 is 0 Å². The molecule has 1 N–H and O–H groups in total. The molecule has 0 unspecified atom stereocenters. The molecule has 0 saturated carbocycles. The van der Waals surface area contributed by atoms with Crippen LogP contribution < -0.4 is 0 Å². The first kappa shape index (κ1) is 12.1. The molecule has 4 nitrogen and oxygen atoms in total. The van der Waals surface area contributed by atoms with E-state index in [1.54, 1.807) is 19.9 Å². The summed E-state index contributed by atoms with van der Waals surface area (Å²) in [4.78, 5) is 13.0. The van der Waals surface area contributed by atoms with Crippen molar-refractivity contribution in [2.24, 2.45) is 0 Å². The van der Waals surface area contributed by atoms with Crippen LogP contribution >= 0.6 is 0 Å². The number of aliphatic hydroxyl groups is 1. The molecule has 0 bridgehead atoms. The van der Waals surface area contributed by atoms with Crippen LogP contribution in [0.4, 0.5) is 0 Å². The summed E-state index contributed by atoms with van der Waals surface area (Å²) in [6.45, 7) is 4.01. The van der Waals surface area contributed by atoms with E-state index in [0.29, 0.717) is 12.1 Å². The summed E-state index contributed by atoms with van der Waals surface area (Å²) in [5.41, 5.74) is 0.658. The molecule has 4 heteroatoms. The van der Waals surface area contributed by atoms with Crippen molar-refractivity contribution < 1.29 is 14.6 Å². The van der Waals surface area contributed by atoms with Crippen LogP contribution in [0.25, 0.3) is 0 Å². The third-order valence-electron chi connectivity index (χ3n) is 1.71. The first-order valence-electron chi connectivity index (χ1n) is 4.19. The molecule has 0 spiro atoms. The van der Waals surface area contributed by atoms with Crippen molar-refractivity contribution in [2.45, 2.75) is 13.8 Å². The highest BCUT2D eigenvalue weighted by molar-refractivity contribution is 5.92. The van der Waals surface area contributed by atoms with Crippen molar-refractivity contribution in [1.29, 1.82) is 0 Å². The molecule has 0 aromatic heterocycles. The van der Waals surface area contributed by atoms with Gasteiger partial charge < -0.3 is 14.7 Å². The molecule has 76 valence electrons. The van der Waals surface area contributed by atoms with E-state index in [1.807, 2.05) is 0 Å². The largest absolute Gasteiger partial charge is 0.395 e. The van der Waals surface area contributed by atoms with Crippen LogP contribution in [-0.4, -0.2) is 42.9 Å². The van der Waals surface area contributed by atoms with Gasteiger partial charge in [0.25, 0.3) is 5.91 Å². The average Bonchev–Trinajstić information content (AvgIpc) is 2.15. The number of hydrogen-bond donors (Lipinski definition) is 1. The van der Waals surface area contributed by atoms with Crippen LogP contribution in [0.5, 0.6) is 0 Å². The number of carbonyl (C=O) groups excluding carboxylic acids is 1. The fraction of sp³-hybridized carbons (Fsp3) is 0.667. The molecule has 0 heterocycles. The fourth-order valence-electron chi connectivity index (χ4n) is 0.874. The maximum absolute atomic E-state index is 11.5. The summed E-state index contributed by atoms with van der Waals surface area (Å²) in [5.74, 6) is -0.0987. The fourth-order valence-corrected chi connectivity index (χ4v) is 0.874. The van der Waals surface area contributed by atoms with Crippen LogP contribution in [0.1, 0.15) is 13.8 Å². The van der Waals surface area contributed by atoms with Crippen LogP contribution in [-0.2, 0) is 9.53 Å². The van der Waals surface area contributed by atoms with Gasteiger partial charge in [-0.3, -0.25) is 4.79 Å². The molecule has 0 aliphatic carbocycles. The Morgan fingerprint density at radius 2 is 2.23 bits per heavy atom. The Balaban J connectivity index is 4.27. The zero-order valence-electron chi connectivity index (χ0n) is 8.41. The highest BCUT2D eigenvalue weighted by atomic mass is 16.5. The molecule has 0 saturated heterocycles. The SMILES string of the molecule is C/C=C(\C)C(=O)N(CCO)COC. The minimum absolute atomic E-state index is 0.0495. The number of methoxy groups -OCH3 is 1. The van der Waals surface area contributed by atoms with E-state index in [1.165, 1.54) is 12.0 Å². The normalized spacial score (nSPS) is 11.5. The van der Waals surface area contributed by atoms with Gasteiger partial charge in [-0.25, -0.2) is 0 Å². The van der Waals surface area contributed by atoms with Crippen molar-refractivity contribution in [3.8, 4) is 0 Å². The maximum atomic E-state index is 11.5. The topological polar surface area (TPSA) is 49.8 Å². The van der Waals surface area contributed by atoms with Gasteiger partial charge in [-0.15, -0.1) is 0 Å². The van der Waals surface area contributed by atoms with Crippen molar-refractivity contribution in [3.05, 3.63) is 11.6 Å². The molecule has 1 amide bonds. The monoisotopic (exact) mass is 187 g/mol. The lowest BCUT2D eigenvalue weighted by Gasteiger charge is -2.20. The van der Waals surface area contributed by atoms with Crippen LogP contribution in [0.3, 0.4) is 0 Å². The second-order valence-corrected chi connectivity index (χ2v) is 2.68. The predicted octanol–water partition coefficient (Wildman–Crippen LogP) is 0.377. The zero-order chi connectivity index (χ0) is 10.3. The Morgan fingerprint density at radius 3 is 2.62 bits per heavy atom. The summed E-state index contributed by atoms with van der Waals surface area (Å²) in [7, 11) is 1.52. The number of rotatable bonds is 5. The van der Waals surface area contributed by atoms with E-state index in [-0.39, 0.29) is 19.2 Å². The van der Waals surface area contributed by atoms with Gasteiger partial charge in [-0.1, -0.05) is 6.08 Å². The second-order valence-electron chi connectivity index (χ2n) is 2.68. The molecular formula is C9H17NO3. The van der Waals surface area contributed by atoms with E-state index in [9.17, 15) is 4.79 Å². The standard InChI is InChI=1S/C9H17NO3/c1-4-8(2)9(12)10(5-6-11)7-13-3/h4,11H,5-7H2,1-3H3/b8-4+. The van der Waals surface area contributed by atoms with Crippen LogP contribution in [0.15, 0.2) is 11.6 Å². The van der Waals surface area contributed by atoms with Crippen molar-refractivity contribution in [3.63, 3.8) is 0 Å². The second kappa shape index (κ2) is 6.62. The van der Waals surface area contributed by atoms with Gasteiger partial charge in [0.15, 0.2) is 0 Å². The van der Waals surface area contributed by atoms with Crippen molar-refractivity contribution >= 4 is 5.91 Å². The van der Waals surface area contributed by atoms with E-state index < -0.39 is 0 Å². The predicted molar refractivity (Wildman–Crippen MR) is 50.1 cm³/mol. The molecule has 0 radical (unpaired) electrons. The third kappa shape index (κ3) is 4.05. The Hall–Kier alpha value is -0.870. The lowest BCUT2D eigenvalue weighted by Crippen LogP contribution is -2.35.